The molecule has 2 aliphatic rings. The van der Waals surface area contributed by atoms with Gasteiger partial charge in [-0.2, -0.15) is 0 Å². The van der Waals surface area contributed by atoms with Crippen molar-refractivity contribution in [3.8, 4) is 17.1 Å². The minimum atomic E-state index is -0.296. The van der Waals surface area contributed by atoms with E-state index in [2.05, 4.69) is 18.2 Å². The third-order valence-electron chi connectivity index (χ3n) is 5.91. The standard InChI is InChI=1S/C24H23FN2O3/c25-20-4-2-18(3-5-20)22-7-8-23(30-22)24(28)27-12-10-26(11-13-27)16-17-1-6-21-19(15-17)9-14-29-21/h1-8,15H,9-14,16H2/p+1. The average molecular weight is 407 g/mol. The maximum Gasteiger partial charge on any atom is 0.289 e. The molecule has 1 aromatic heterocycles. The fourth-order valence-corrected chi connectivity index (χ4v) is 4.22. The van der Waals surface area contributed by atoms with Gasteiger partial charge in [0.25, 0.3) is 5.91 Å². The molecule has 0 atom stereocenters. The van der Waals surface area contributed by atoms with Crippen LogP contribution in [-0.2, 0) is 13.0 Å². The smallest absolute Gasteiger partial charge is 0.289 e. The molecular weight excluding hydrogens is 383 g/mol. The van der Waals surface area contributed by atoms with E-state index < -0.39 is 0 Å². The van der Waals surface area contributed by atoms with Crippen LogP contribution in [0.2, 0.25) is 0 Å². The molecule has 5 rings (SSSR count). The number of carbonyl (C=O) groups is 1. The molecule has 0 bridgehead atoms. The number of halogens is 1. The maximum absolute atomic E-state index is 13.1. The first-order valence-corrected chi connectivity index (χ1v) is 10.4. The predicted octanol–water partition coefficient (Wildman–Crippen LogP) is 2.56. The average Bonchev–Trinajstić information content (AvgIpc) is 3.44. The van der Waals surface area contributed by atoms with Crippen LogP contribution in [0.5, 0.6) is 5.75 Å². The van der Waals surface area contributed by atoms with Crippen LogP contribution in [0.1, 0.15) is 21.7 Å². The van der Waals surface area contributed by atoms with Gasteiger partial charge in [0.05, 0.1) is 32.8 Å². The second-order valence-corrected chi connectivity index (χ2v) is 7.93. The lowest BCUT2D eigenvalue weighted by molar-refractivity contribution is -0.917. The number of amides is 1. The second-order valence-electron chi connectivity index (χ2n) is 7.93. The number of quaternary nitrogens is 1. The lowest BCUT2D eigenvalue weighted by Crippen LogP contribution is -3.13. The molecule has 3 aromatic rings. The first-order valence-electron chi connectivity index (χ1n) is 10.4. The largest absolute Gasteiger partial charge is 0.493 e. The van der Waals surface area contributed by atoms with Crippen LogP contribution in [0.4, 0.5) is 4.39 Å². The molecule has 0 radical (unpaired) electrons. The molecule has 154 valence electrons. The molecule has 1 N–H and O–H groups in total. The van der Waals surface area contributed by atoms with E-state index in [0.717, 1.165) is 44.0 Å². The van der Waals surface area contributed by atoms with E-state index in [4.69, 9.17) is 9.15 Å². The number of carbonyl (C=O) groups excluding carboxylic acids is 1. The number of fused-ring (bicyclic) bond motifs is 1. The number of rotatable bonds is 4. The first-order chi connectivity index (χ1) is 14.7. The summed E-state index contributed by atoms with van der Waals surface area (Å²) >= 11 is 0. The fraction of sp³-hybridized carbons (Fsp3) is 0.292. The van der Waals surface area contributed by atoms with E-state index in [1.165, 1.54) is 28.2 Å². The van der Waals surface area contributed by atoms with Gasteiger partial charge in [0.15, 0.2) is 5.76 Å². The van der Waals surface area contributed by atoms with Gasteiger partial charge in [0.1, 0.15) is 23.9 Å². The van der Waals surface area contributed by atoms with Crippen LogP contribution in [0.3, 0.4) is 0 Å². The van der Waals surface area contributed by atoms with E-state index >= 15 is 0 Å². The molecule has 30 heavy (non-hydrogen) atoms. The number of benzene rings is 2. The van der Waals surface area contributed by atoms with E-state index in [1.54, 1.807) is 24.3 Å². The number of piperazine rings is 1. The van der Waals surface area contributed by atoms with E-state index in [9.17, 15) is 9.18 Å². The Hall–Kier alpha value is -3.12. The van der Waals surface area contributed by atoms with Gasteiger partial charge < -0.3 is 19.0 Å². The van der Waals surface area contributed by atoms with Gasteiger partial charge in [-0.3, -0.25) is 4.79 Å². The lowest BCUT2D eigenvalue weighted by Gasteiger charge is -2.31. The second kappa shape index (κ2) is 7.95. The Balaban J connectivity index is 1.18. The van der Waals surface area contributed by atoms with Gasteiger partial charge >= 0.3 is 0 Å². The Labute approximate surface area is 174 Å². The summed E-state index contributed by atoms with van der Waals surface area (Å²) < 4.78 is 24.4. The van der Waals surface area contributed by atoms with Gasteiger partial charge in [-0.15, -0.1) is 0 Å². The van der Waals surface area contributed by atoms with Gasteiger partial charge in [0.2, 0.25) is 0 Å². The van der Waals surface area contributed by atoms with Crippen molar-refractivity contribution in [2.24, 2.45) is 0 Å². The van der Waals surface area contributed by atoms with E-state index in [-0.39, 0.29) is 11.7 Å². The van der Waals surface area contributed by atoms with Crippen molar-refractivity contribution in [2.45, 2.75) is 13.0 Å². The number of ether oxygens (including phenoxy) is 1. The summed E-state index contributed by atoms with van der Waals surface area (Å²) in [5.74, 6) is 1.54. The highest BCUT2D eigenvalue weighted by Crippen LogP contribution is 2.26. The monoisotopic (exact) mass is 407 g/mol. The zero-order valence-corrected chi connectivity index (χ0v) is 16.7. The number of hydrogen-bond donors (Lipinski definition) is 1. The van der Waals surface area contributed by atoms with Crippen LogP contribution in [0.15, 0.2) is 59.0 Å². The van der Waals surface area contributed by atoms with Crippen molar-refractivity contribution >= 4 is 5.91 Å². The fourth-order valence-electron chi connectivity index (χ4n) is 4.22. The topological polar surface area (TPSA) is 47.1 Å². The number of hydrogen-bond acceptors (Lipinski definition) is 3. The predicted molar refractivity (Wildman–Crippen MR) is 110 cm³/mol. The Morgan fingerprint density at radius 1 is 1.03 bits per heavy atom. The first kappa shape index (κ1) is 18.9. The summed E-state index contributed by atoms with van der Waals surface area (Å²) in [6.45, 7) is 4.96. The summed E-state index contributed by atoms with van der Waals surface area (Å²) in [6.07, 6.45) is 0.990. The molecule has 2 aliphatic heterocycles. The van der Waals surface area contributed by atoms with Crippen molar-refractivity contribution in [2.75, 3.05) is 32.8 Å². The molecule has 6 heteroatoms. The van der Waals surface area contributed by atoms with Gasteiger partial charge in [-0.05, 0) is 60.2 Å². The van der Waals surface area contributed by atoms with Crippen molar-refractivity contribution in [3.05, 3.63) is 77.3 Å². The molecule has 1 saturated heterocycles. The van der Waals surface area contributed by atoms with Crippen LogP contribution in [0.25, 0.3) is 11.3 Å². The quantitative estimate of drug-likeness (QED) is 0.723. The molecule has 0 saturated carbocycles. The molecule has 1 amide bonds. The van der Waals surface area contributed by atoms with E-state index in [1.807, 2.05) is 4.90 Å². The third kappa shape index (κ3) is 3.83. The highest BCUT2D eigenvalue weighted by atomic mass is 19.1. The molecule has 3 heterocycles. The molecule has 2 aromatic carbocycles. The Bertz CT molecular complexity index is 1050. The van der Waals surface area contributed by atoms with Crippen molar-refractivity contribution in [1.82, 2.24) is 4.90 Å². The zero-order valence-electron chi connectivity index (χ0n) is 16.7. The summed E-state index contributed by atoms with van der Waals surface area (Å²) in [6, 6.07) is 16.0. The highest BCUT2D eigenvalue weighted by Gasteiger charge is 2.27. The Morgan fingerprint density at radius 3 is 2.63 bits per heavy atom. The normalized spacial score (nSPS) is 16.4. The SMILES string of the molecule is O=C(c1ccc(-c2ccc(F)cc2)o1)N1CC[NH+](Cc2ccc3c(c2)CCO3)CC1. The Morgan fingerprint density at radius 2 is 1.83 bits per heavy atom. The van der Waals surface area contributed by atoms with Crippen LogP contribution in [-0.4, -0.2) is 43.6 Å². The third-order valence-corrected chi connectivity index (χ3v) is 5.91. The number of nitrogens with one attached hydrogen (secondary N) is 1. The van der Waals surface area contributed by atoms with Crippen molar-refractivity contribution in [3.63, 3.8) is 0 Å². The van der Waals surface area contributed by atoms with Crippen LogP contribution >= 0.6 is 0 Å². The van der Waals surface area contributed by atoms with Crippen LogP contribution in [0, 0.1) is 5.82 Å². The minimum absolute atomic E-state index is 0.0860. The molecule has 1 fully saturated rings. The minimum Gasteiger partial charge on any atom is -0.493 e. The summed E-state index contributed by atoms with van der Waals surface area (Å²) in [5.41, 5.74) is 3.38. The number of furan rings is 1. The summed E-state index contributed by atoms with van der Waals surface area (Å²) in [4.78, 5) is 16.2. The Kier molecular flexibility index (Phi) is 5.01. The summed E-state index contributed by atoms with van der Waals surface area (Å²) in [5, 5.41) is 0. The van der Waals surface area contributed by atoms with E-state index in [0.29, 0.717) is 24.6 Å². The maximum atomic E-state index is 13.1. The van der Waals surface area contributed by atoms with Gasteiger partial charge in [0, 0.05) is 17.5 Å². The van der Waals surface area contributed by atoms with Gasteiger partial charge in [-0.25, -0.2) is 4.39 Å². The molecule has 0 spiro atoms. The van der Waals surface area contributed by atoms with Crippen molar-refractivity contribution in [1.29, 1.82) is 0 Å². The summed E-state index contributed by atoms with van der Waals surface area (Å²) in [7, 11) is 0. The molecule has 5 nitrogen and oxygen atoms in total. The molecule has 0 aliphatic carbocycles. The van der Waals surface area contributed by atoms with Gasteiger partial charge in [-0.1, -0.05) is 0 Å². The van der Waals surface area contributed by atoms with Crippen molar-refractivity contribution < 1.29 is 23.2 Å². The number of nitrogens with zero attached hydrogens (tertiary/aromatic N) is 1. The lowest BCUT2D eigenvalue weighted by atomic mass is 10.1. The zero-order chi connectivity index (χ0) is 20.5. The van der Waals surface area contributed by atoms with Crippen LogP contribution < -0.4 is 9.64 Å². The molecular formula is C24H24FN2O3+. The highest BCUT2D eigenvalue weighted by molar-refractivity contribution is 5.92. The molecule has 0 unspecified atom stereocenters.